The first-order valence-corrected chi connectivity index (χ1v) is 10.4. The largest absolute Gasteiger partial charge is 0.484 e. The Hall–Kier alpha value is -2.67. The Morgan fingerprint density at radius 2 is 1.93 bits per heavy atom. The maximum absolute atomic E-state index is 12.7. The summed E-state index contributed by atoms with van der Waals surface area (Å²) in [7, 11) is 4.07. The molecule has 7 heteroatoms. The fraction of sp³-hybridized carbons (Fsp3) is 0.500. The van der Waals surface area contributed by atoms with E-state index >= 15 is 0 Å². The highest BCUT2D eigenvalue weighted by molar-refractivity contribution is 5.78. The number of ether oxygens (including phenoxy) is 1. The number of carbonyl (C=O) groups excluding carboxylic acids is 1. The number of fused-ring (bicyclic) bond motifs is 1. The van der Waals surface area contributed by atoms with Gasteiger partial charge >= 0.3 is 0 Å². The first-order valence-electron chi connectivity index (χ1n) is 10.4. The molecule has 2 aliphatic heterocycles. The van der Waals surface area contributed by atoms with Crippen LogP contribution in [0.15, 0.2) is 30.3 Å². The van der Waals surface area contributed by atoms with Gasteiger partial charge in [0, 0.05) is 25.1 Å². The summed E-state index contributed by atoms with van der Waals surface area (Å²) in [5, 5.41) is 3.24. The lowest BCUT2D eigenvalue weighted by Gasteiger charge is -2.31. The minimum atomic E-state index is -0.00929. The summed E-state index contributed by atoms with van der Waals surface area (Å²) in [5.41, 5.74) is 2.11. The van der Waals surface area contributed by atoms with Crippen molar-refractivity contribution in [3.05, 3.63) is 47.4 Å². The van der Waals surface area contributed by atoms with Crippen molar-refractivity contribution in [2.75, 3.05) is 45.7 Å². The number of benzene rings is 1. The van der Waals surface area contributed by atoms with Crippen LogP contribution < -0.4 is 10.1 Å². The second-order valence-electron chi connectivity index (χ2n) is 7.85. The van der Waals surface area contributed by atoms with Crippen LogP contribution in [0.2, 0.25) is 0 Å². The monoisotopic (exact) mass is 395 g/mol. The average molecular weight is 396 g/mol. The number of rotatable bonds is 5. The highest BCUT2D eigenvalue weighted by Crippen LogP contribution is 2.30. The van der Waals surface area contributed by atoms with Crippen LogP contribution in [0, 0.1) is 0 Å². The third-order valence-electron chi connectivity index (χ3n) is 5.86. The molecule has 0 radical (unpaired) electrons. The van der Waals surface area contributed by atoms with Gasteiger partial charge < -0.3 is 19.9 Å². The van der Waals surface area contributed by atoms with Gasteiger partial charge in [-0.3, -0.25) is 4.79 Å². The summed E-state index contributed by atoms with van der Waals surface area (Å²) in [5.74, 6) is 2.91. The van der Waals surface area contributed by atoms with Gasteiger partial charge in [-0.1, -0.05) is 18.2 Å². The van der Waals surface area contributed by atoms with Crippen molar-refractivity contribution in [3.63, 3.8) is 0 Å². The van der Waals surface area contributed by atoms with Gasteiger partial charge in [0.1, 0.15) is 17.4 Å². The third-order valence-corrected chi connectivity index (χ3v) is 5.86. The van der Waals surface area contributed by atoms with Crippen molar-refractivity contribution in [2.24, 2.45) is 0 Å². The Balaban J connectivity index is 1.47. The topological polar surface area (TPSA) is 70.6 Å². The molecule has 0 spiro atoms. The number of para-hydroxylation sites is 1. The van der Waals surface area contributed by atoms with Gasteiger partial charge in [-0.15, -0.1) is 0 Å². The number of hydrogen-bond donors (Lipinski definition) is 1. The summed E-state index contributed by atoms with van der Waals surface area (Å²) < 4.78 is 5.64. The van der Waals surface area contributed by atoms with Gasteiger partial charge in [0.05, 0.1) is 12.2 Å². The van der Waals surface area contributed by atoms with Crippen LogP contribution >= 0.6 is 0 Å². The van der Waals surface area contributed by atoms with Crippen molar-refractivity contribution in [2.45, 2.75) is 31.7 Å². The first-order chi connectivity index (χ1) is 14.1. The molecular formula is C22H29N5O2. The van der Waals surface area contributed by atoms with Crippen LogP contribution in [0.5, 0.6) is 5.75 Å². The standard InChI is InChI=1S/C22H29N5O2/c1-23-22-18-10-13-27(20(28)15-29-17-6-4-3-5-7-17)14-19(18)24-21(25-22)16-8-11-26(2)12-9-16/h3-7,16H,8-15H2,1-2H3,(H,23,24,25). The van der Waals surface area contributed by atoms with Crippen molar-refractivity contribution in [3.8, 4) is 5.75 Å². The van der Waals surface area contributed by atoms with Crippen molar-refractivity contribution >= 4 is 11.7 Å². The summed E-state index contributed by atoms with van der Waals surface area (Å²) in [6.07, 6.45) is 2.91. The zero-order chi connectivity index (χ0) is 20.2. The summed E-state index contributed by atoms with van der Waals surface area (Å²) >= 11 is 0. The van der Waals surface area contributed by atoms with E-state index < -0.39 is 0 Å². The van der Waals surface area contributed by atoms with E-state index in [1.54, 1.807) is 0 Å². The summed E-state index contributed by atoms with van der Waals surface area (Å²) in [4.78, 5) is 26.6. The van der Waals surface area contributed by atoms with Gasteiger partial charge in [0.2, 0.25) is 0 Å². The van der Waals surface area contributed by atoms with Crippen LogP contribution in [0.1, 0.15) is 35.8 Å². The smallest absolute Gasteiger partial charge is 0.260 e. The van der Waals surface area contributed by atoms with E-state index in [9.17, 15) is 4.79 Å². The van der Waals surface area contributed by atoms with Crippen LogP contribution in [0.4, 0.5) is 5.82 Å². The molecule has 3 heterocycles. The maximum atomic E-state index is 12.7. The number of carbonyl (C=O) groups is 1. The molecule has 2 aromatic rings. The van der Waals surface area contributed by atoms with Crippen molar-refractivity contribution in [1.29, 1.82) is 0 Å². The highest BCUT2D eigenvalue weighted by Gasteiger charge is 2.28. The van der Waals surface area contributed by atoms with E-state index in [-0.39, 0.29) is 12.5 Å². The first kappa shape index (κ1) is 19.6. The predicted octanol–water partition coefficient (Wildman–Crippen LogP) is 2.29. The van der Waals surface area contributed by atoms with Crippen molar-refractivity contribution < 1.29 is 9.53 Å². The fourth-order valence-electron chi connectivity index (χ4n) is 4.07. The Labute approximate surface area is 172 Å². The zero-order valence-corrected chi connectivity index (χ0v) is 17.2. The molecule has 0 unspecified atom stereocenters. The molecule has 0 saturated carbocycles. The highest BCUT2D eigenvalue weighted by atomic mass is 16.5. The van der Waals surface area contributed by atoms with Gasteiger partial charge in [-0.05, 0) is 51.5 Å². The van der Waals surface area contributed by atoms with Gasteiger partial charge in [-0.25, -0.2) is 9.97 Å². The molecule has 1 saturated heterocycles. The SMILES string of the molecule is CNc1nc(C2CCN(C)CC2)nc2c1CCN(C(=O)COc1ccccc1)C2. The fourth-order valence-corrected chi connectivity index (χ4v) is 4.07. The molecule has 1 amide bonds. The van der Waals surface area contributed by atoms with Crippen LogP contribution in [0.3, 0.4) is 0 Å². The summed E-state index contributed by atoms with van der Waals surface area (Å²) in [6, 6.07) is 9.45. The number of hydrogen-bond acceptors (Lipinski definition) is 6. The number of nitrogens with one attached hydrogen (secondary N) is 1. The lowest BCUT2D eigenvalue weighted by molar-refractivity contribution is -0.134. The molecular weight excluding hydrogens is 366 g/mol. The number of anilines is 1. The zero-order valence-electron chi connectivity index (χ0n) is 17.2. The second-order valence-corrected chi connectivity index (χ2v) is 7.85. The maximum Gasteiger partial charge on any atom is 0.260 e. The van der Waals surface area contributed by atoms with E-state index in [1.807, 2.05) is 42.3 Å². The molecule has 0 bridgehead atoms. The Kier molecular flexibility index (Phi) is 5.94. The molecule has 0 atom stereocenters. The van der Waals surface area contributed by atoms with E-state index in [4.69, 9.17) is 14.7 Å². The quantitative estimate of drug-likeness (QED) is 0.838. The molecule has 154 valence electrons. The molecule has 1 fully saturated rings. The number of amides is 1. The molecule has 0 aliphatic carbocycles. The Morgan fingerprint density at radius 3 is 2.66 bits per heavy atom. The van der Waals surface area contributed by atoms with Crippen LogP contribution in [0.25, 0.3) is 0 Å². The third kappa shape index (κ3) is 4.50. The molecule has 2 aliphatic rings. The van der Waals surface area contributed by atoms with E-state index in [2.05, 4.69) is 17.3 Å². The number of likely N-dealkylation sites (tertiary alicyclic amines) is 1. The molecule has 1 N–H and O–H groups in total. The molecule has 1 aromatic heterocycles. The second kappa shape index (κ2) is 8.78. The Morgan fingerprint density at radius 1 is 1.17 bits per heavy atom. The average Bonchev–Trinajstić information content (AvgIpc) is 2.77. The lowest BCUT2D eigenvalue weighted by Crippen LogP contribution is -2.40. The number of aromatic nitrogens is 2. The van der Waals surface area contributed by atoms with E-state index in [0.717, 1.165) is 55.3 Å². The van der Waals surface area contributed by atoms with Crippen molar-refractivity contribution in [1.82, 2.24) is 19.8 Å². The van der Waals surface area contributed by atoms with E-state index in [1.165, 1.54) is 0 Å². The molecule has 1 aromatic carbocycles. The van der Waals surface area contributed by atoms with Crippen LogP contribution in [-0.2, 0) is 17.8 Å². The van der Waals surface area contributed by atoms with Gasteiger partial charge in [0.25, 0.3) is 5.91 Å². The summed E-state index contributed by atoms with van der Waals surface area (Å²) in [6.45, 7) is 3.37. The van der Waals surface area contributed by atoms with Gasteiger partial charge in [-0.2, -0.15) is 0 Å². The normalized spacial score (nSPS) is 17.7. The van der Waals surface area contributed by atoms with Gasteiger partial charge in [0.15, 0.2) is 6.61 Å². The van der Waals surface area contributed by atoms with Crippen LogP contribution in [-0.4, -0.2) is 66.0 Å². The van der Waals surface area contributed by atoms with E-state index in [0.29, 0.717) is 24.8 Å². The number of piperidine rings is 1. The molecule has 4 rings (SSSR count). The minimum Gasteiger partial charge on any atom is -0.484 e. The molecule has 7 nitrogen and oxygen atoms in total. The lowest BCUT2D eigenvalue weighted by atomic mass is 9.95. The Bertz CT molecular complexity index is 850. The molecule has 29 heavy (non-hydrogen) atoms. The predicted molar refractivity (Wildman–Crippen MR) is 112 cm³/mol. The minimum absolute atomic E-state index is 0.00929. The number of nitrogens with zero attached hydrogens (tertiary/aromatic N) is 4.